The van der Waals surface area contributed by atoms with Gasteiger partial charge in [0.2, 0.25) is 0 Å². The number of fused-ring (bicyclic) bond motifs is 1. The number of pyridine rings is 1. The van der Waals surface area contributed by atoms with Gasteiger partial charge in [-0.1, -0.05) is 18.2 Å². The highest BCUT2D eigenvalue weighted by Crippen LogP contribution is 2.21. The first kappa shape index (κ1) is 10.9. The lowest BCUT2D eigenvalue weighted by molar-refractivity contribution is 0.897. The lowest BCUT2D eigenvalue weighted by Crippen LogP contribution is -1.96. The summed E-state index contributed by atoms with van der Waals surface area (Å²) >= 11 is 0. The zero-order valence-electron chi connectivity index (χ0n) is 10.6. The quantitative estimate of drug-likeness (QED) is 0.603. The topological polar surface area (TPSA) is 59.4 Å². The van der Waals surface area contributed by atoms with Gasteiger partial charge in [-0.2, -0.15) is 5.10 Å². The number of hydrogen-bond acceptors (Lipinski definition) is 3. The average molecular weight is 261 g/mol. The second-order valence-corrected chi connectivity index (χ2v) is 4.45. The average Bonchev–Trinajstić information content (AvgIpc) is 3.09. The summed E-state index contributed by atoms with van der Waals surface area (Å²) in [5.74, 6) is 0.824. The largest absolute Gasteiger partial charge is 0.335 e. The maximum absolute atomic E-state index is 4.64. The van der Waals surface area contributed by atoms with Crippen LogP contribution in [-0.2, 0) is 0 Å². The number of rotatable bonds is 2. The van der Waals surface area contributed by atoms with Crippen LogP contribution in [0.15, 0.2) is 61.1 Å². The molecule has 1 aromatic carbocycles. The van der Waals surface area contributed by atoms with Crippen molar-refractivity contribution in [1.82, 2.24) is 24.7 Å². The van der Waals surface area contributed by atoms with E-state index in [4.69, 9.17) is 0 Å². The van der Waals surface area contributed by atoms with Gasteiger partial charge in [0.15, 0.2) is 5.65 Å². The summed E-state index contributed by atoms with van der Waals surface area (Å²) in [6.07, 6.45) is 5.30. The second kappa shape index (κ2) is 4.31. The van der Waals surface area contributed by atoms with Crippen molar-refractivity contribution in [3.8, 4) is 17.1 Å². The Bertz CT molecular complexity index is 846. The predicted molar refractivity (Wildman–Crippen MR) is 76.4 cm³/mol. The van der Waals surface area contributed by atoms with Crippen molar-refractivity contribution >= 4 is 11.2 Å². The smallest absolute Gasteiger partial charge is 0.181 e. The second-order valence-electron chi connectivity index (χ2n) is 4.45. The standard InChI is InChI=1S/C15H11N5/c1-2-4-12(5-3-1)20-15-13(10-17-20)18-14(19-15)11-6-8-16-9-7-11/h1-10H,(H,18,19). The van der Waals surface area contributed by atoms with E-state index < -0.39 is 0 Å². The van der Waals surface area contributed by atoms with E-state index in [-0.39, 0.29) is 0 Å². The summed E-state index contributed by atoms with van der Waals surface area (Å²) in [5, 5.41) is 4.37. The van der Waals surface area contributed by atoms with Gasteiger partial charge in [-0.15, -0.1) is 0 Å². The van der Waals surface area contributed by atoms with Crippen LogP contribution in [0, 0.1) is 0 Å². The van der Waals surface area contributed by atoms with E-state index >= 15 is 0 Å². The number of imidazole rings is 1. The monoisotopic (exact) mass is 261 g/mol. The summed E-state index contributed by atoms with van der Waals surface area (Å²) in [7, 11) is 0. The molecule has 0 atom stereocenters. The zero-order chi connectivity index (χ0) is 13.4. The number of nitrogens with zero attached hydrogens (tertiary/aromatic N) is 4. The number of aromatic nitrogens is 5. The van der Waals surface area contributed by atoms with Gasteiger partial charge < -0.3 is 4.98 Å². The summed E-state index contributed by atoms with van der Waals surface area (Å²) in [5.41, 5.74) is 3.75. The first-order chi connectivity index (χ1) is 9.92. The van der Waals surface area contributed by atoms with E-state index in [2.05, 4.69) is 20.1 Å². The SMILES string of the molecule is c1ccc(-n2ncc3[nH]c(-c4ccncc4)nc32)cc1. The van der Waals surface area contributed by atoms with Crippen LogP contribution in [0.2, 0.25) is 0 Å². The van der Waals surface area contributed by atoms with E-state index in [1.165, 1.54) is 0 Å². The highest BCUT2D eigenvalue weighted by molar-refractivity contribution is 5.77. The van der Waals surface area contributed by atoms with Gasteiger partial charge in [0, 0.05) is 18.0 Å². The fourth-order valence-electron chi connectivity index (χ4n) is 2.20. The Kier molecular flexibility index (Phi) is 2.35. The van der Waals surface area contributed by atoms with Crippen LogP contribution in [0.4, 0.5) is 0 Å². The lowest BCUT2D eigenvalue weighted by atomic mass is 10.3. The third kappa shape index (κ3) is 1.68. The molecule has 0 fully saturated rings. The molecule has 0 aliphatic heterocycles. The van der Waals surface area contributed by atoms with Gasteiger partial charge >= 0.3 is 0 Å². The molecular formula is C15H11N5. The molecule has 0 aliphatic rings. The molecule has 0 amide bonds. The fourth-order valence-corrected chi connectivity index (χ4v) is 2.20. The predicted octanol–water partition coefficient (Wildman–Crippen LogP) is 2.81. The van der Waals surface area contributed by atoms with Crippen molar-refractivity contribution in [2.24, 2.45) is 0 Å². The number of nitrogens with one attached hydrogen (secondary N) is 1. The minimum Gasteiger partial charge on any atom is -0.335 e. The molecule has 4 aromatic rings. The van der Waals surface area contributed by atoms with Crippen molar-refractivity contribution in [2.75, 3.05) is 0 Å². The molecule has 0 aliphatic carbocycles. The van der Waals surface area contributed by atoms with Gasteiger partial charge in [0.25, 0.3) is 0 Å². The molecule has 20 heavy (non-hydrogen) atoms. The molecule has 3 heterocycles. The first-order valence-electron chi connectivity index (χ1n) is 6.31. The van der Waals surface area contributed by atoms with Gasteiger partial charge in [-0.25, -0.2) is 9.67 Å². The van der Waals surface area contributed by atoms with Crippen LogP contribution in [-0.4, -0.2) is 24.7 Å². The maximum Gasteiger partial charge on any atom is 0.181 e. The van der Waals surface area contributed by atoms with Crippen molar-refractivity contribution < 1.29 is 0 Å². The number of hydrogen-bond donors (Lipinski definition) is 1. The van der Waals surface area contributed by atoms with E-state index in [0.29, 0.717) is 0 Å². The molecule has 0 bridgehead atoms. The molecular weight excluding hydrogens is 250 g/mol. The van der Waals surface area contributed by atoms with Crippen molar-refractivity contribution in [3.63, 3.8) is 0 Å². The summed E-state index contributed by atoms with van der Waals surface area (Å²) in [6.45, 7) is 0. The van der Waals surface area contributed by atoms with Gasteiger partial charge in [0.05, 0.1) is 11.9 Å². The third-order valence-electron chi connectivity index (χ3n) is 3.17. The number of aromatic amines is 1. The summed E-state index contributed by atoms with van der Waals surface area (Å²) < 4.78 is 1.83. The van der Waals surface area contributed by atoms with Crippen LogP contribution in [0.25, 0.3) is 28.2 Å². The Hall–Kier alpha value is -2.95. The van der Waals surface area contributed by atoms with Crippen LogP contribution in [0.5, 0.6) is 0 Å². The molecule has 0 saturated heterocycles. The molecule has 0 radical (unpaired) electrons. The normalized spacial score (nSPS) is 11.0. The Morgan fingerprint density at radius 3 is 2.55 bits per heavy atom. The van der Waals surface area contributed by atoms with Crippen molar-refractivity contribution in [1.29, 1.82) is 0 Å². The molecule has 5 nitrogen and oxygen atoms in total. The maximum atomic E-state index is 4.64. The Labute approximate surface area is 114 Å². The lowest BCUT2D eigenvalue weighted by Gasteiger charge is -2.00. The minimum atomic E-state index is 0.822. The zero-order valence-corrected chi connectivity index (χ0v) is 10.6. The molecule has 4 rings (SSSR count). The molecule has 96 valence electrons. The molecule has 1 N–H and O–H groups in total. The molecule has 3 aromatic heterocycles. The fraction of sp³-hybridized carbons (Fsp3) is 0. The van der Waals surface area contributed by atoms with Crippen LogP contribution in [0.1, 0.15) is 0 Å². The number of benzene rings is 1. The van der Waals surface area contributed by atoms with Gasteiger partial charge in [0.1, 0.15) is 11.3 Å². The van der Waals surface area contributed by atoms with Gasteiger partial charge in [-0.3, -0.25) is 4.98 Å². The number of para-hydroxylation sites is 1. The van der Waals surface area contributed by atoms with Crippen molar-refractivity contribution in [2.45, 2.75) is 0 Å². The Morgan fingerprint density at radius 2 is 1.75 bits per heavy atom. The summed E-state index contributed by atoms with van der Waals surface area (Å²) in [4.78, 5) is 11.9. The van der Waals surface area contributed by atoms with Crippen LogP contribution < -0.4 is 0 Å². The Morgan fingerprint density at radius 1 is 0.950 bits per heavy atom. The first-order valence-corrected chi connectivity index (χ1v) is 6.31. The van der Waals surface area contributed by atoms with E-state index in [9.17, 15) is 0 Å². The highest BCUT2D eigenvalue weighted by Gasteiger charge is 2.11. The van der Waals surface area contributed by atoms with Crippen LogP contribution >= 0.6 is 0 Å². The van der Waals surface area contributed by atoms with Crippen molar-refractivity contribution in [3.05, 3.63) is 61.1 Å². The molecule has 0 spiro atoms. The van der Waals surface area contributed by atoms with E-state index in [0.717, 1.165) is 28.2 Å². The molecule has 0 saturated carbocycles. The van der Waals surface area contributed by atoms with E-state index in [1.807, 2.05) is 47.1 Å². The Balaban J connectivity index is 1.88. The summed E-state index contributed by atoms with van der Waals surface area (Å²) in [6, 6.07) is 13.8. The van der Waals surface area contributed by atoms with Crippen LogP contribution in [0.3, 0.4) is 0 Å². The third-order valence-corrected chi connectivity index (χ3v) is 3.17. The van der Waals surface area contributed by atoms with E-state index in [1.54, 1.807) is 18.6 Å². The molecule has 0 unspecified atom stereocenters. The number of H-pyrrole nitrogens is 1. The molecule has 5 heteroatoms. The van der Waals surface area contributed by atoms with Gasteiger partial charge in [-0.05, 0) is 24.3 Å². The minimum absolute atomic E-state index is 0.822. The highest BCUT2D eigenvalue weighted by atomic mass is 15.3.